The fourth-order valence-electron chi connectivity index (χ4n) is 4.30. The molecule has 138 valence electrons. The van der Waals surface area contributed by atoms with Gasteiger partial charge >= 0.3 is 0 Å². The number of likely N-dealkylation sites (tertiary alicyclic amines) is 1. The summed E-state index contributed by atoms with van der Waals surface area (Å²) in [6.45, 7) is 4.69. The van der Waals surface area contributed by atoms with E-state index in [0.717, 1.165) is 75.5 Å². The molecule has 1 unspecified atom stereocenters. The van der Waals surface area contributed by atoms with Crippen LogP contribution in [0.3, 0.4) is 0 Å². The molecule has 1 amide bonds. The number of methoxy groups -OCH3 is 1. The Morgan fingerprint density at radius 2 is 2.04 bits per heavy atom. The largest absolute Gasteiger partial charge is 0.383 e. The van der Waals surface area contributed by atoms with Crippen molar-refractivity contribution in [2.75, 3.05) is 39.9 Å². The van der Waals surface area contributed by atoms with E-state index in [2.05, 4.69) is 10.2 Å². The van der Waals surface area contributed by atoms with Crippen molar-refractivity contribution < 1.29 is 9.53 Å². The average Bonchev–Trinajstić information content (AvgIpc) is 3.29. The lowest BCUT2D eigenvalue weighted by atomic mass is 9.78. The maximum atomic E-state index is 13.1. The highest BCUT2D eigenvalue weighted by atomic mass is 35.5. The van der Waals surface area contributed by atoms with Crippen LogP contribution in [0.2, 0.25) is 5.02 Å². The van der Waals surface area contributed by atoms with Crippen molar-refractivity contribution in [1.82, 2.24) is 10.2 Å². The van der Waals surface area contributed by atoms with Gasteiger partial charge in [0, 0.05) is 31.8 Å². The number of rotatable bonds is 7. The summed E-state index contributed by atoms with van der Waals surface area (Å²) >= 11 is 6.03. The van der Waals surface area contributed by atoms with Crippen LogP contribution >= 0.6 is 11.6 Å². The molecule has 1 aliphatic carbocycles. The SMILES string of the molecule is COCCN1CCC(CNC(=O)C2(c3ccc(Cl)cc3)CCCC2)C1. The minimum absolute atomic E-state index is 0.197. The molecule has 2 aliphatic rings. The third-order valence-corrected chi connectivity index (χ3v) is 6.07. The molecule has 0 bridgehead atoms. The van der Waals surface area contributed by atoms with Gasteiger partial charge in [-0.05, 0) is 49.4 Å². The normalized spacial score (nSPS) is 23.0. The molecule has 1 aliphatic heterocycles. The number of carbonyl (C=O) groups is 1. The van der Waals surface area contributed by atoms with Gasteiger partial charge in [0.25, 0.3) is 0 Å². The second kappa shape index (κ2) is 8.52. The monoisotopic (exact) mass is 364 g/mol. The van der Waals surface area contributed by atoms with Gasteiger partial charge in [0.2, 0.25) is 5.91 Å². The number of amides is 1. The van der Waals surface area contributed by atoms with Crippen molar-refractivity contribution in [3.63, 3.8) is 0 Å². The summed E-state index contributed by atoms with van der Waals surface area (Å²) < 4.78 is 5.15. The number of nitrogens with zero attached hydrogens (tertiary/aromatic N) is 1. The molecule has 5 heteroatoms. The molecule has 1 saturated carbocycles. The van der Waals surface area contributed by atoms with Crippen LogP contribution in [0.25, 0.3) is 0 Å². The zero-order chi connectivity index (χ0) is 17.7. The summed E-state index contributed by atoms with van der Waals surface area (Å²) in [6, 6.07) is 7.84. The number of nitrogens with one attached hydrogen (secondary N) is 1. The lowest BCUT2D eigenvalue weighted by Crippen LogP contribution is -2.44. The molecule has 25 heavy (non-hydrogen) atoms. The number of hydrogen-bond donors (Lipinski definition) is 1. The number of halogens is 1. The van der Waals surface area contributed by atoms with Crippen LogP contribution in [0.1, 0.15) is 37.7 Å². The zero-order valence-corrected chi connectivity index (χ0v) is 15.9. The van der Waals surface area contributed by atoms with Crippen molar-refractivity contribution in [1.29, 1.82) is 0 Å². The third kappa shape index (κ3) is 4.36. The Balaban J connectivity index is 1.58. The molecule has 0 radical (unpaired) electrons. The Hall–Kier alpha value is -1.10. The van der Waals surface area contributed by atoms with Gasteiger partial charge in [-0.3, -0.25) is 4.79 Å². The minimum atomic E-state index is -0.362. The van der Waals surface area contributed by atoms with Crippen molar-refractivity contribution in [2.45, 2.75) is 37.5 Å². The predicted octanol–water partition coefficient (Wildman–Crippen LogP) is 3.24. The average molecular weight is 365 g/mol. The Morgan fingerprint density at radius 3 is 2.72 bits per heavy atom. The van der Waals surface area contributed by atoms with Gasteiger partial charge in [-0.25, -0.2) is 0 Å². The first-order valence-corrected chi connectivity index (χ1v) is 9.77. The quantitative estimate of drug-likeness (QED) is 0.807. The molecule has 2 fully saturated rings. The second-order valence-electron chi connectivity index (χ2n) is 7.45. The molecule has 4 nitrogen and oxygen atoms in total. The minimum Gasteiger partial charge on any atom is -0.383 e. The number of benzene rings is 1. The van der Waals surface area contributed by atoms with Crippen LogP contribution in [-0.2, 0) is 14.9 Å². The number of carbonyl (C=O) groups excluding carboxylic acids is 1. The summed E-state index contributed by atoms with van der Waals surface area (Å²) in [5.41, 5.74) is 0.749. The van der Waals surface area contributed by atoms with E-state index in [0.29, 0.717) is 5.92 Å². The van der Waals surface area contributed by atoms with E-state index in [1.54, 1.807) is 7.11 Å². The van der Waals surface area contributed by atoms with E-state index < -0.39 is 0 Å². The maximum absolute atomic E-state index is 13.1. The van der Waals surface area contributed by atoms with Gasteiger partial charge in [0.1, 0.15) is 0 Å². The standard InChI is InChI=1S/C20H29ClN2O2/c1-25-13-12-23-11-8-16(15-23)14-22-19(24)20(9-2-3-10-20)17-4-6-18(21)7-5-17/h4-7,16H,2-3,8-15H2,1H3,(H,22,24). The molecule has 1 aromatic carbocycles. The van der Waals surface area contributed by atoms with E-state index in [-0.39, 0.29) is 11.3 Å². The second-order valence-corrected chi connectivity index (χ2v) is 7.89. The van der Waals surface area contributed by atoms with E-state index >= 15 is 0 Å². The van der Waals surface area contributed by atoms with Crippen LogP contribution in [0.15, 0.2) is 24.3 Å². The van der Waals surface area contributed by atoms with Crippen molar-refractivity contribution in [2.24, 2.45) is 5.92 Å². The van der Waals surface area contributed by atoms with E-state index in [9.17, 15) is 4.79 Å². The molecule has 0 aromatic heterocycles. The molecule has 1 heterocycles. The Kier molecular flexibility index (Phi) is 6.37. The van der Waals surface area contributed by atoms with Crippen LogP contribution in [0.4, 0.5) is 0 Å². The van der Waals surface area contributed by atoms with Crippen molar-refractivity contribution >= 4 is 17.5 Å². The Labute approximate surface area is 155 Å². The molecule has 3 rings (SSSR count). The van der Waals surface area contributed by atoms with Gasteiger partial charge in [0.15, 0.2) is 0 Å². The smallest absolute Gasteiger partial charge is 0.230 e. The lowest BCUT2D eigenvalue weighted by Gasteiger charge is -2.29. The molecule has 1 saturated heterocycles. The summed E-state index contributed by atoms with van der Waals surface area (Å²) in [6.07, 6.45) is 5.25. The summed E-state index contributed by atoms with van der Waals surface area (Å²) in [4.78, 5) is 15.5. The highest BCUT2D eigenvalue weighted by Gasteiger charge is 2.42. The lowest BCUT2D eigenvalue weighted by molar-refractivity contribution is -0.126. The van der Waals surface area contributed by atoms with Gasteiger partial charge in [-0.15, -0.1) is 0 Å². The van der Waals surface area contributed by atoms with Gasteiger partial charge in [-0.2, -0.15) is 0 Å². The molecular formula is C20H29ClN2O2. The van der Waals surface area contributed by atoms with Crippen molar-refractivity contribution in [3.05, 3.63) is 34.9 Å². The molecule has 0 spiro atoms. The van der Waals surface area contributed by atoms with Gasteiger partial charge in [0.05, 0.1) is 12.0 Å². The first-order chi connectivity index (χ1) is 12.1. The van der Waals surface area contributed by atoms with E-state index in [1.165, 1.54) is 0 Å². The van der Waals surface area contributed by atoms with Crippen LogP contribution in [0, 0.1) is 5.92 Å². The van der Waals surface area contributed by atoms with Crippen LogP contribution in [0.5, 0.6) is 0 Å². The zero-order valence-electron chi connectivity index (χ0n) is 15.1. The van der Waals surface area contributed by atoms with Crippen molar-refractivity contribution in [3.8, 4) is 0 Å². The number of hydrogen-bond acceptors (Lipinski definition) is 3. The van der Waals surface area contributed by atoms with Crippen LogP contribution < -0.4 is 5.32 Å². The fraction of sp³-hybridized carbons (Fsp3) is 0.650. The number of ether oxygens (including phenoxy) is 1. The van der Waals surface area contributed by atoms with E-state index in [1.807, 2.05) is 24.3 Å². The molecular weight excluding hydrogens is 336 g/mol. The Morgan fingerprint density at radius 1 is 1.32 bits per heavy atom. The first kappa shape index (κ1) is 18.7. The highest BCUT2D eigenvalue weighted by Crippen LogP contribution is 2.41. The molecule has 1 N–H and O–H groups in total. The maximum Gasteiger partial charge on any atom is 0.230 e. The van der Waals surface area contributed by atoms with Gasteiger partial charge < -0.3 is 15.0 Å². The van der Waals surface area contributed by atoms with Gasteiger partial charge in [-0.1, -0.05) is 36.6 Å². The van der Waals surface area contributed by atoms with E-state index in [4.69, 9.17) is 16.3 Å². The highest BCUT2D eigenvalue weighted by molar-refractivity contribution is 6.30. The first-order valence-electron chi connectivity index (χ1n) is 9.40. The summed E-state index contributed by atoms with van der Waals surface area (Å²) in [5, 5.41) is 3.99. The fourth-order valence-corrected chi connectivity index (χ4v) is 4.43. The topological polar surface area (TPSA) is 41.6 Å². The molecule has 1 atom stereocenters. The summed E-state index contributed by atoms with van der Waals surface area (Å²) in [7, 11) is 1.74. The summed E-state index contributed by atoms with van der Waals surface area (Å²) in [5.74, 6) is 0.743. The third-order valence-electron chi connectivity index (χ3n) is 5.82. The predicted molar refractivity (Wildman–Crippen MR) is 101 cm³/mol. The molecule has 1 aromatic rings. The Bertz CT molecular complexity index is 570. The van der Waals surface area contributed by atoms with Crippen LogP contribution in [-0.4, -0.2) is 50.7 Å².